The Labute approximate surface area is 162 Å². The summed E-state index contributed by atoms with van der Waals surface area (Å²) in [5, 5.41) is 8.10. The number of rotatable bonds is 5. The van der Waals surface area contributed by atoms with E-state index < -0.39 is 0 Å². The molecule has 5 nitrogen and oxygen atoms in total. The van der Waals surface area contributed by atoms with Crippen LogP contribution in [0.2, 0.25) is 10.0 Å². The van der Waals surface area contributed by atoms with Crippen molar-refractivity contribution in [2.45, 2.75) is 20.3 Å². The molecule has 0 aliphatic heterocycles. The topological polar surface area (TPSA) is 69.8 Å². The van der Waals surface area contributed by atoms with Crippen LogP contribution < -0.4 is 10.6 Å². The molecule has 0 aliphatic rings. The zero-order valence-electron chi connectivity index (χ0n) is 14.8. The summed E-state index contributed by atoms with van der Waals surface area (Å²) in [7, 11) is 1.75. The van der Waals surface area contributed by atoms with Gasteiger partial charge in [0.1, 0.15) is 5.82 Å². The summed E-state index contributed by atoms with van der Waals surface area (Å²) in [4.78, 5) is 20.1. The number of hydrogen-bond acceptors (Lipinski definition) is 3. The molecule has 136 valence electrons. The van der Waals surface area contributed by atoms with Gasteiger partial charge in [-0.2, -0.15) is 0 Å². The summed E-state index contributed by atoms with van der Waals surface area (Å²) < 4.78 is 0. The highest BCUT2D eigenvalue weighted by molar-refractivity contribution is 6.40. The molecule has 2 aromatic heterocycles. The maximum atomic E-state index is 12.5. The summed E-state index contributed by atoms with van der Waals surface area (Å²) in [6.07, 6.45) is 0.645. The number of amides is 1. The number of aryl methyl sites for hydroxylation is 2. The number of nitrogens with zero attached hydrogens (tertiary/aromatic N) is 1. The monoisotopic (exact) mass is 390 g/mol. The number of fused-ring (bicyclic) bond motifs is 1. The fraction of sp³-hybridized carbons (Fsp3) is 0.263. The zero-order valence-corrected chi connectivity index (χ0v) is 16.3. The molecule has 2 heterocycles. The smallest absolute Gasteiger partial charge is 0.255 e. The van der Waals surface area contributed by atoms with Crippen LogP contribution in [0.4, 0.5) is 5.82 Å². The van der Waals surface area contributed by atoms with Crippen LogP contribution in [0.1, 0.15) is 27.3 Å². The number of pyridine rings is 1. The van der Waals surface area contributed by atoms with E-state index in [2.05, 4.69) is 20.6 Å². The van der Waals surface area contributed by atoms with Crippen LogP contribution in [-0.2, 0) is 6.42 Å². The second kappa shape index (κ2) is 7.56. The van der Waals surface area contributed by atoms with Crippen LogP contribution in [0, 0.1) is 13.8 Å². The van der Waals surface area contributed by atoms with E-state index in [9.17, 15) is 4.79 Å². The Bertz CT molecular complexity index is 981. The second-order valence-corrected chi connectivity index (χ2v) is 6.93. The molecule has 0 fully saturated rings. The summed E-state index contributed by atoms with van der Waals surface area (Å²) in [6, 6.07) is 7.16. The average molecular weight is 391 g/mol. The highest BCUT2D eigenvalue weighted by atomic mass is 35.5. The number of anilines is 1. The minimum absolute atomic E-state index is 0.163. The van der Waals surface area contributed by atoms with Gasteiger partial charge in [-0.3, -0.25) is 4.79 Å². The molecule has 0 aliphatic carbocycles. The molecule has 0 saturated carbocycles. The Balaban J connectivity index is 1.77. The van der Waals surface area contributed by atoms with E-state index in [0.717, 1.165) is 27.9 Å². The van der Waals surface area contributed by atoms with E-state index in [1.54, 1.807) is 25.2 Å². The van der Waals surface area contributed by atoms with Crippen molar-refractivity contribution in [3.63, 3.8) is 0 Å². The molecular formula is C19H20Cl2N4O. The van der Waals surface area contributed by atoms with Crippen molar-refractivity contribution in [1.82, 2.24) is 15.3 Å². The van der Waals surface area contributed by atoms with Crippen LogP contribution in [0.15, 0.2) is 24.3 Å². The van der Waals surface area contributed by atoms with Crippen LogP contribution >= 0.6 is 23.2 Å². The van der Waals surface area contributed by atoms with Crippen LogP contribution in [0.25, 0.3) is 10.9 Å². The lowest BCUT2D eigenvalue weighted by Crippen LogP contribution is -2.27. The standard InChI is InChI=1S/C19H20Cl2N4O/c1-10-4-5-13(18(22-3)24-10)19(26)23-9-8-12-11(2)25-17-15(21)7-6-14(20)16(12)17/h4-7,25H,8-9H2,1-3H3,(H,22,24)(H,23,26). The van der Waals surface area contributed by atoms with Crippen LogP contribution in [0.3, 0.4) is 0 Å². The number of aromatic nitrogens is 2. The molecule has 1 amide bonds. The average Bonchev–Trinajstić information content (AvgIpc) is 2.95. The van der Waals surface area contributed by atoms with Crippen LogP contribution in [0.5, 0.6) is 0 Å². The third-order valence-electron chi connectivity index (χ3n) is 4.35. The third kappa shape index (κ3) is 3.50. The lowest BCUT2D eigenvalue weighted by molar-refractivity contribution is 0.0954. The van der Waals surface area contributed by atoms with Crippen LogP contribution in [-0.4, -0.2) is 29.5 Å². The van der Waals surface area contributed by atoms with E-state index in [0.29, 0.717) is 34.4 Å². The lowest BCUT2D eigenvalue weighted by Gasteiger charge is -2.10. The van der Waals surface area contributed by atoms with Gasteiger partial charge in [0.15, 0.2) is 0 Å². The summed E-state index contributed by atoms with van der Waals surface area (Å²) in [6.45, 7) is 4.34. The summed E-state index contributed by atoms with van der Waals surface area (Å²) in [5.41, 5.74) is 4.26. The molecule has 0 radical (unpaired) electrons. The predicted molar refractivity (Wildman–Crippen MR) is 108 cm³/mol. The van der Waals surface area contributed by atoms with E-state index in [1.807, 2.05) is 19.9 Å². The molecule has 3 aromatic rings. The number of halogens is 2. The largest absolute Gasteiger partial charge is 0.372 e. The van der Waals surface area contributed by atoms with Crippen molar-refractivity contribution in [2.75, 3.05) is 18.9 Å². The molecule has 7 heteroatoms. The number of nitrogens with one attached hydrogen (secondary N) is 3. The van der Waals surface area contributed by atoms with Gasteiger partial charge in [0.2, 0.25) is 0 Å². The molecule has 0 unspecified atom stereocenters. The SMILES string of the molecule is CNc1nc(C)ccc1C(=O)NCCc1c(C)[nH]c2c(Cl)ccc(Cl)c12. The Kier molecular flexibility index (Phi) is 5.39. The second-order valence-electron chi connectivity index (χ2n) is 6.11. The number of carbonyl (C=O) groups is 1. The van der Waals surface area contributed by atoms with E-state index in [1.165, 1.54) is 0 Å². The van der Waals surface area contributed by atoms with Gasteiger partial charge < -0.3 is 15.6 Å². The van der Waals surface area contributed by atoms with Crippen molar-refractivity contribution < 1.29 is 4.79 Å². The minimum atomic E-state index is -0.163. The van der Waals surface area contributed by atoms with E-state index >= 15 is 0 Å². The molecule has 0 saturated heterocycles. The number of carbonyl (C=O) groups excluding carboxylic acids is 1. The normalized spacial score (nSPS) is 11.0. The Morgan fingerprint density at radius 3 is 2.62 bits per heavy atom. The van der Waals surface area contributed by atoms with Crippen molar-refractivity contribution >= 4 is 45.8 Å². The highest BCUT2D eigenvalue weighted by Gasteiger charge is 2.15. The number of H-pyrrole nitrogens is 1. The van der Waals surface area contributed by atoms with Crippen molar-refractivity contribution in [3.8, 4) is 0 Å². The van der Waals surface area contributed by atoms with E-state index in [4.69, 9.17) is 23.2 Å². The van der Waals surface area contributed by atoms with E-state index in [-0.39, 0.29) is 5.91 Å². The van der Waals surface area contributed by atoms with Crippen molar-refractivity contribution in [1.29, 1.82) is 0 Å². The maximum Gasteiger partial charge on any atom is 0.255 e. The number of benzene rings is 1. The first-order valence-electron chi connectivity index (χ1n) is 8.31. The Hall–Kier alpha value is -2.24. The van der Waals surface area contributed by atoms with Gasteiger partial charge in [0.25, 0.3) is 5.91 Å². The molecule has 0 bridgehead atoms. The van der Waals surface area contributed by atoms with Gasteiger partial charge in [-0.15, -0.1) is 0 Å². The maximum absolute atomic E-state index is 12.5. The first kappa shape index (κ1) is 18.5. The van der Waals surface area contributed by atoms with Crippen molar-refractivity contribution in [3.05, 3.63) is 56.8 Å². The summed E-state index contributed by atoms with van der Waals surface area (Å²) in [5.74, 6) is 0.407. The highest BCUT2D eigenvalue weighted by Crippen LogP contribution is 2.33. The molecule has 3 N–H and O–H groups in total. The third-order valence-corrected chi connectivity index (χ3v) is 4.98. The minimum Gasteiger partial charge on any atom is -0.372 e. The van der Waals surface area contributed by atoms with Gasteiger partial charge in [0, 0.05) is 30.4 Å². The van der Waals surface area contributed by atoms with Crippen molar-refractivity contribution in [2.24, 2.45) is 0 Å². The molecular weight excluding hydrogens is 371 g/mol. The van der Waals surface area contributed by atoms with Gasteiger partial charge in [0.05, 0.1) is 21.1 Å². The fourth-order valence-electron chi connectivity index (χ4n) is 3.06. The quantitative estimate of drug-likeness (QED) is 0.600. The molecule has 0 spiro atoms. The number of aromatic amines is 1. The molecule has 26 heavy (non-hydrogen) atoms. The Morgan fingerprint density at radius 2 is 1.88 bits per heavy atom. The van der Waals surface area contributed by atoms with Gasteiger partial charge in [-0.25, -0.2) is 4.98 Å². The fourth-order valence-corrected chi connectivity index (χ4v) is 3.54. The first-order chi connectivity index (χ1) is 12.4. The molecule has 1 aromatic carbocycles. The predicted octanol–water partition coefficient (Wildman–Crippen LogP) is 4.50. The number of hydrogen-bond donors (Lipinski definition) is 3. The first-order valence-corrected chi connectivity index (χ1v) is 9.06. The van der Waals surface area contributed by atoms with Gasteiger partial charge in [-0.1, -0.05) is 23.2 Å². The molecule has 3 rings (SSSR count). The van der Waals surface area contributed by atoms with Gasteiger partial charge in [-0.05, 0) is 50.1 Å². The Morgan fingerprint density at radius 1 is 1.15 bits per heavy atom. The molecule has 0 atom stereocenters. The summed E-state index contributed by atoms with van der Waals surface area (Å²) >= 11 is 12.6. The zero-order chi connectivity index (χ0) is 18.8. The lowest BCUT2D eigenvalue weighted by atomic mass is 10.1. The van der Waals surface area contributed by atoms with Gasteiger partial charge >= 0.3 is 0 Å².